The third kappa shape index (κ3) is 9.54. The van der Waals surface area contributed by atoms with Crippen LogP contribution in [0.25, 0.3) is 44.5 Å². The molecule has 0 bridgehead atoms. The van der Waals surface area contributed by atoms with Crippen molar-refractivity contribution < 1.29 is 46.5 Å². The quantitative estimate of drug-likeness (QED) is 0.178. The Bertz CT molecular complexity index is 1390. The summed E-state index contributed by atoms with van der Waals surface area (Å²) in [7, 11) is 0.750. The van der Waals surface area contributed by atoms with Gasteiger partial charge in [0.2, 0.25) is 0 Å². The number of aryl methyl sites for hydroxylation is 4. The summed E-state index contributed by atoms with van der Waals surface area (Å²) < 4.78 is 0. The van der Waals surface area contributed by atoms with E-state index in [1.54, 1.807) is 0 Å². The molecule has 0 saturated heterocycles. The van der Waals surface area contributed by atoms with E-state index in [-0.39, 0.29) is 46.5 Å². The Morgan fingerprint density at radius 3 is 0.682 bits per heavy atom. The number of benzene rings is 4. The van der Waals surface area contributed by atoms with Gasteiger partial charge in [0.25, 0.3) is 0 Å². The first-order chi connectivity index (χ1) is 20.0. The average Bonchev–Trinajstić information content (AvgIpc) is 3.48. The topological polar surface area (TPSA) is 0 Å². The van der Waals surface area contributed by atoms with Crippen molar-refractivity contribution in [1.82, 2.24) is 0 Å². The van der Waals surface area contributed by atoms with Crippen LogP contribution in [0, 0.1) is 27.7 Å². The van der Waals surface area contributed by atoms with Crippen LogP contribution in [-0.4, -0.2) is 9.52 Å². The first kappa shape index (κ1) is 39.1. The second kappa shape index (κ2) is 19.5. The predicted octanol–water partition coefficient (Wildman–Crippen LogP) is 5.24. The zero-order valence-corrected chi connectivity index (χ0v) is 30.8. The Morgan fingerprint density at radius 1 is 0.364 bits per heavy atom. The van der Waals surface area contributed by atoms with Crippen LogP contribution in [0.1, 0.15) is 22.3 Å². The van der Waals surface area contributed by atoms with E-state index in [4.69, 9.17) is 0 Å². The molecule has 0 saturated carbocycles. The molecule has 0 aromatic heterocycles. The standard InChI is InChI=1S/2C19H17.C2H7Si.2ClH.Ti/c2*1-14-13-15(2)19(17-11-7-4-8-12-17)18(14)16-9-5-3-6-10-16;1-3-2;;;/h2*3-13H,1-2H3;3H,1-2H3;2*1H;/q2*-1;;;;+4/p-2. The van der Waals surface area contributed by atoms with Crippen LogP contribution in [0.4, 0.5) is 0 Å². The van der Waals surface area contributed by atoms with E-state index in [1.807, 2.05) is 0 Å². The summed E-state index contributed by atoms with van der Waals surface area (Å²) in [6.07, 6.45) is 0. The molecule has 6 aromatic carbocycles. The molecule has 0 amide bonds. The van der Waals surface area contributed by atoms with Crippen LogP contribution in [-0.2, 0) is 21.7 Å². The summed E-state index contributed by atoms with van der Waals surface area (Å²) >= 11 is 0. The smallest absolute Gasteiger partial charge is 1.00 e. The molecule has 4 heteroatoms. The second-order valence-corrected chi connectivity index (χ2v) is 11.7. The minimum atomic E-state index is 0. The predicted molar refractivity (Wildman–Crippen MR) is 184 cm³/mol. The summed E-state index contributed by atoms with van der Waals surface area (Å²) in [5.41, 5.74) is 16.1. The van der Waals surface area contributed by atoms with Crippen LogP contribution >= 0.6 is 0 Å². The Balaban J connectivity index is 0.000000380. The molecule has 6 aromatic rings. The fourth-order valence-electron chi connectivity index (χ4n) is 5.63. The summed E-state index contributed by atoms with van der Waals surface area (Å²) in [5.74, 6) is 0. The molecule has 0 heterocycles. The SMILES string of the molecule is C[SiH]C.Cc1[cH-]c(C)c(-c2ccccc2)c1-c1ccccc1.Cc1[cH-]c(C)c(-c2ccccc2)c1-c1ccccc1.[Cl-].[Cl-].[Ti+4]. The molecule has 0 aliphatic rings. The van der Waals surface area contributed by atoms with E-state index in [1.165, 1.54) is 66.8 Å². The van der Waals surface area contributed by atoms with E-state index < -0.39 is 0 Å². The van der Waals surface area contributed by atoms with Gasteiger partial charge in [-0.1, -0.05) is 184 Å². The maximum Gasteiger partial charge on any atom is 4.00 e. The number of rotatable bonds is 4. The van der Waals surface area contributed by atoms with Gasteiger partial charge < -0.3 is 24.8 Å². The van der Waals surface area contributed by atoms with Crippen molar-refractivity contribution in [2.24, 2.45) is 0 Å². The monoisotopic (exact) mass is 667 g/mol. The van der Waals surface area contributed by atoms with Crippen molar-refractivity contribution in [3.05, 3.63) is 156 Å². The molecule has 0 N–H and O–H groups in total. The van der Waals surface area contributed by atoms with Gasteiger partial charge in [-0.2, -0.15) is 56.6 Å². The van der Waals surface area contributed by atoms with Crippen LogP contribution in [0.15, 0.2) is 133 Å². The van der Waals surface area contributed by atoms with Gasteiger partial charge in [0.05, 0.1) is 0 Å². The zero-order chi connectivity index (χ0) is 29.2. The Kier molecular flexibility index (Phi) is 17.3. The summed E-state index contributed by atoms with van der Waals surface area (Å²) in [6.45, 7) is 13.2. The third-order valence-corrected chi connectivity index (χ3v) is 7.19. The van der Waals surface area contributed by atoms with Gasteiger partial charge in [-0.3, -0.25) is 0 Å². The normalized spacial score (nSPS) is 9.59. The Hall–Kier alpha value is -2.91. The molecule has 0 aliphatic carbocycles. The van der Waals surface area contributed by atoms with Gasteiger partial charge in [-0.05, 0) is 0 Å². The minimum absolute atomic E-state index is 0. The second-order valence-electron chi connectivity index (χ2n) is 10.6. The van der Waals surface area contributed by atoms with Gasteiger partial charge >= 0.3 is 21.7 Å². The zero-order valence-electron chi connectivity index (χ0n) is 26.5. The molecular formula is C40H41Cl2SiTi. The molecule has 44 heavy (non-hydrogen) atoms. The maximum atomic E-state index is 2.28. The first-order valence-corrected chi connectivity index (χ1v) is 16.8. The Labute approximate surface area is 295 Å². The largest absolute Gasteiger partial charge is 4.00 e. The number of hydrogen-bond donors (Lipinski definition) is 0. The molecule has 0 aliphatic heterocycles. The average molecular weight is 669 g/mol. The van der Waals surface area contributed by atoms with Crippen LogP contribution in [0.5, 0.6) is 0 Å². The summed E-state index contributed by atoms with van der Waals surface area (Å²) in [6, 6.07) is 47.2. The van der Waals surface area contributed by atoms with Gasteiger partial charge in [-0.15, -0.1) is 0 Å². The van der Waals surface area contributed by atoms with E-state index >= 15 is 0 Å². The molecule has 0 atom stereocenters. The van der Waals surface area contributed by atoms with Crippen molar-refractivity contribution in [2.45, 2.75) is 40.8 Å². The number of hydrogen-bond acceptors (Lipinski definition) is 0. The first-order valence-electron chi connectivity index (χ1n) is 14.5. The maximum absolute atomic E-state index is 2.28. The molecule has 1 radical (unpaired) electrons. The van der Waals surface area contributed by atoms with Crippen LogP contribution in [0.3, 0.4) is 0 Å². The molecular weight excluding hydrogens is 627 g/mol. The molecule has 6 rings (SSSR count). The van der Waals surface area contributed by atoms with E-state index in [2.05, 4.69) is 174 Å². The fraction of sp³-hybridized carbons (Fsp3) is 0.150. The molecule has 0 unspecified atom stereocenters. The van der Waals surface area contributed by atoms with Crippen LogP contribution < -0.4 is 24.8 Å². The molecule has 223 valence electrons. The van der Waals surface area contributed by atoms with E-state index in [0.29, 0.717) is 0 Å². The van der Waals surface area contributed by atoms with Crippen molar-refractivity contribution in [1.29, 1.82) is 0 Å². The van der Waals surface area contributed by atoms with Crippen molar-refractivity contribution in [3.63, 3.8) is 0 Å². The van der Waals surface area contributed by atoms with Gasteiger partial charge in [0.1, 0.15) is 0 Å². The summed E-state index contributed by atoms with van der Waals surface area (Å²) in [4.78, 5) is 0. The van der Waals surface area contributed by atoms with E-state index in [9.17, 15) is 0 Å². The third-order valence-electron chi connectivity index (χ3n) is 7.19. The van der Waals surface area contributed by atoms with Crippen LogP contribution in [0.2, 0.25) is 13.1 Å². The van der Waals surface area contributed by atoms with Gasteiger partial charge in [0, 0.05) is 9.52 Å². The molecule has 0 nitrogen and oxygen atoms in total. The molecule has 0 fully saturated rings. The minimum Gasteiger partial charge on any atom is -1.00 e. The van der Waals surface area contributed by atoms with E-state index in [0.717, 1.165) is 9.52 Å². The fourth-order valence-corrected chi connectivity index (χ4v) is 5.63. The van der Waals surface area contributed by atoms with Crippen molar-refractivity contribution in [3.8, 4) is 44.5 Å². The summed E-state index contributed by atoms with van der Waals surface area (Å²) in [5, 5.41) is 0. The van der Waals surface area contributed by atoms with Crippen molar-refractivity contribution >= 4 is 9.52 Å². The van der Waals surface area contributed by atoms with Gasteiger partial charge in [-0.25, -0.2) is 0 Å². The molecule has 0 spiro atoms. The number of halogens is 2. The Morgan fingerprint density at radius 2 is 0.523 bits per heavy atom. The van der Waals surface area contributed by atoms with Crippen molar-refractivity contribution in [2.75, 3.05) is 0 Å². The van der Waals surface area contributed by atoms with Gasteiger partial charge in [0.15, 0.2) is 0 Å².